The molecular formula is C28H24F2N6O3S. The molecule has 0 aliphatic rings. The van der Waals surface area contributed by atoms with Gasteiger partial charge in [0.1, 0.15) is 29.5 Å². The van der Waals surface area contributed by atoms with Crippen LogP contribution in [0.2, 0.25) is 0 Å². The first-order valence-corrected chi connectivity index (χ1v) is 12.8. The second-order valence-corrected chi connectivity index (χ2v) is 9.23. The first kappa shape index (κ1) is 28.2. The Kier molecular flexibility index (Phi) is 9.02. The lowest BCUT2D eigenvalue weighted by atomic mass is 10.0. The Balaban J connectivity index is 0.000000867. The van der Waals surface area contributed by atoms with E-state index in [4.69, 9.17) is 10.1 Å². The quantitative estimate of drug-likeness (QED) is 0.0832. The molecular weight excluding hydrogens is 538 g/mol. The maximum atomic E-state index is 14.1. The summed E-state index contributed by atoms with van der Waals surface area (Å²) >= 11 is 1.05. The number of phenols is 1. The Morgan fingerprint density at radius 2 is 1.73 bits per heavy atom. The number of para-hydroxylation sites is 1. The van der Waals surface area contributed by atoms with Crippen molar-refractivity contribution in [3.63, 3.8) is 0 Å². The van der Waals surface area contributed by atoms with Crippen LogP contribution in [0.15, 0.2) is 84.1 Å². The Morgan fingerprint density at radius 1 is 0.975 bits per heavy atom. The van der Waals surface area contributed by atoms with E-state index in [1.54, 1.807) is 18.3 Å². The predicted molar refractivity (Wildman–Crippen MR) is 152 cm³/mol. The molecule has 9 nitrogen and oxygen atoms in total. The maximum Gasteiger partial charge on any atom is 0.194 e. The summed E-state index contributed by atoms with van der Waals surface area (Å²) in [5.74, 6) is -0.615. The summed E-state index contributed by atoms with van der Waals surface area (Å²) < 4.78 is 30.5. The minimum absolute atomic E-state index is 0.0697. The molecule has 2 heterocycles. The van der Waals surface area contributed by atoms with Crippen molar-refractivity contribution in [2.45, 2.75) is 18.2 Å². The molecule has 0 fully saturated rings. The van der Waals surface area contributed by atoms with E-state index in [0.717, 1.165) is 52.8 Å². The van der Waals surface area contributed by atoms with Crippen LogP contribution in [0.1, 0.15) is 12.6 Å². The topological polar surface area (TPSA) is 126 Å². The van der Waals surface area contributed by atoms with Crippen LogP contribution >= 0.6 is 11.9 Å². The number of benzene rings is 3. The molecule has 0 bridgehead atoms. The van der Waals surface area contributed by atoms with E-state index < -0.39 is 16.6 Å². The van der Waals surface area contributed by atoms with Gasteiger partial charge in [-0.2, -0.15) is 0 Å². The van der Waals surface area contributed by atoms with E-state index in [1.807, 2.05) is 43.3 Å². The Labute approximate surface area is 232 Å². The van der Waals surface area contributed by atoms with Gasteiger partial charge in [0, 0.05) is 28.1 Å². The van der Waals surface area contributed by atoms with Gasteiger partial charge < -0.3 is 15.1 Å². The van der Waals surface area contributed by atoms with Crippen molar-refractivity contribution >= 4 is 40.0 Å². The SMILES string of the molecule is CCc1ncc(-c2ccc(O)c(Nc3ncnc4ccccc34)c2)cc1NSc1ccc(F)cc1F.C[N+](=O)[O-]. The van der Waals surface area contributed by atoms with Gasteiger partial charge in [-0.15, -0.1) is 0 Å². The number of hydrogen-bond acceptors (Lipinski definition) is 9. The van der Waals surface area contributed by atoms with Gasteiger partial charge in [0.15, 0.2) is 7.05 Å². The van der Waals surface area contributed by atoms with Gasteiger partial charge in [0.05, 0.1) is 27.5 Å². The average molecular weight is 563 g/mol. The van der Waals surface area contributed by atoms with E-state index in [2.05, 4.69) is 25.0 Å². The summed E-state index contributed by atoms with van der Waals surface area (Å²) in [5.41, 5.74) is 4.39. The second-order valence-electron chi connectivity index (χ2n) is 8.39. The molecule has 0 radical (unpaired) electrons. The molecule has 12 heteroatoms. The number of anilines is 3. The minimum Gasteiger partial charge on any atom is -0.506 e. The van der Waals surface area contributed by atoms with Gasteiger partial charge >= 0.3 is 0 Å². The fourth-order valence-corrected chi connectivity index (χ4v) is 4.43. The number of rotatable bonds is 7. The molecule has 5 aromatic rings. The van der Waals surface area contributed by atoms with Crippen LogP contribution in [-0.2, 0) is 6.42 Å². The lowest BCUT2D eigenvalue weighted by molar-refractivity contribution is -0.445. The van der Waals surface area contributed by atoms with Gasteiger partial charge in [0.25, 0.3) is 0 Å². The normalized spacial score (nSPS) is 10.5. The highest BCUT2D eigenvalue weighted by molar-refractivity contribution is 8.00. The molecule has 0 spiro atoms. The van der Waals surface area contributed by atoms with Crippen molar-refractivity contribution < 1.29 is 18.8 Å². The van der Waals surface area contributed by atoms with Gasteiger partial charge in [-0.25, -0.2) is 18.7 Å². The van der Waals surface area contributed by atoms with Gasteiger partial charge in [-0.05, 0) is 66.4 Å². The molecule has 0 amide bonds. The number of phenolic OH excluding ortho intramolecular Hbond substituents is 1. The standard InChI is InChI=1S/C27H21F2N5OS.CH3NO2/c1-2-21-23(34-36-26-10-8-18(28)13-20(26)29)12-17(14-30-21)16-7-9-25(35)24(11-16)33-27-19-5-3-4-6-22(19)31-15-32-27;1-2(3)4/h3-15,34-35H,2H2,1H3,(H,31,32,33);1H3. The zero-order valence-electron chi connectivity index (χ0n) is 21.4. The maximum absolute atomic E-state index is 14.1. The molecule has 3 aromatic carbocycles. The highest BCUT2D eigenvalue weighted by atomic mass is 32.2. The molecule has 0 atom stereocenters. The summed E-state index contributed by atoms with van der Waals surface area (Å²) in [6.07, 6.45) is 3.89. The highest BCUT2D eigenvalue weighted by Gasteiger charge is 2.12. The number of nitrogens with zero attached hydrogens (tertiary/aromatic N) is 4. The first-order chi connectivity index (χ1) is 19.2. The van der Waals surface area contributed by atoms with Gasteiger partial charge in [0.2, 0.25) is 0 Å². The summed E-state index contributed by atoms with van der Waals surface area (Å²) in [4.78, 5) is 21.8. The third kappa shape index (κ3) is 6.97. The number of fused-ring (bicyclic) bond motifs is 1. The number of halogens is 2. The van der Waals surface area contributed by atoms with E-state index in [0.29, 0.717) is 23.6 Å². The molecule has 0 saturated carbocycles. The van der Waals surface area contributed by atoms with E-state index in [-0.39, 0.29) is 10.6 Å². The van der Waals surface area contributed by atoms with Crippen LogP contribution in [0.4, 0.5) is 26.0 Å². The van der Waals surface area contributed by atoms with E-state index >= 15 is 0 Å². The number of nitrogens with one attached hydrogen (secondary N) is 2. The van der Waals surface area contributed by atoms with Gasteiger partial charge in [-0.1, -0.05) is 25.1 Å². The Bertz CT molecular complexity index is 1660. The summed E-state index contributed by atoms with van der Waals surface area (Å²) in [6, 6.07) is 18.2. The third-order valence-electron chi connectivity index (χ3n) is 5.60. The first-order valence-electron chi connectivity index (χ1n) is 12.0. The van der Waals surface area contributed by atoms with Crippen molar-refractivity contribution in [2.75, 3.05) is 17.1 Å². The number of aromatic hydroxyl groups is 1. The summed E-state index contributed by atoms with van der Waals surface area (Å²) in [5, 5.41) is 23.3. The van der Waals surface area contributed by atoms with Crippen LogP contribution in [0.3, 0.4) is 0 Å². The Morgan fingerprint density at radius 3 is 2.48 bits per heavy atom. The third-order valence-corrected chi connectivity index (χ3v) is 6.47. The van der Waals surface area contributed by atoms with Crippen LogP contribution in [0.5, 0.6) is 5.75 Å². The van der Waals surface area contributed by atoms with Crippen molar-refractivity contribution in [3.05, 3.63) is 107 Å². The number of aryl methyl sites for hydroxylation is 1. The van der Waals surface area contributed by atoms with Crippen LogP contribution in [0, 0.1) is 21.7 Å². The van der Waals surface area contributed by atoms with Crippen molar-refractivity contribution in [3.8, 4) is 16.9 Å². The van der Waals surface area contributed by atoms with Crippen molar-refractivity contribution in [2.24, 2.45) is 0 Å². The summed E-state index contributed by atoms with van der Waals surface area (Å²) in [6.45, 7) is 1.98. The van der Waals surface area contributed by atoms with Crippen molar-refractivity contribution in [1.82, 2.24) is 15.0 Å². The lowest BCUT2D eigenvalue weighted by Crippen LogP contribution is -1.99. The molecule has 0 aliphatic heterocycles. The second kappa shape index (κ2) is 12.8. The zero-order chi connectivity index (χ0) is 28.6. The number of pyridine rings is 1. The molecule has 0 aliphatic carbocycles. The fourth-order valence-electron chi connectivity index (χ4n) is 3.74. The molecule has 5 rings (SSSR count). The molecule has 0 unspecified atom stereocenters. The average Bonchev–Trinajstić information content (AvgIpc) is 2.93. The largest absolute Gasteiger partial charge is 0.506 e. The van der Waals surface area contributed by atoms with Crippen LogP contribution < -0.4 is 10.0 Å². The molecule has 3 N–H and O–H groups in total. The van der Waals surface area contributed by atoms with E-state index in [1.165, 1.54) is 18.5 Å². The summed E-state index contributed by atoms with van der Waals surface area (Å²) in [7, 11) is 0.889. The number of aromatic nitrogens is 3. The van der Waals surface area contributed by atoms with Crippen LogP contribution in [0.25, 0.3) is 22.0 Å². The Hall–Kier alpha value is -4.84. The molecule has 2 aromatic heterocycles. The van der Waals surface area contributed by atoms with Crippen molar-refractivity contribution in [1.29, 1.82) is 0 Å². The van der Waals surface area contributed by atoms with Crippen LogP contribution in [-0.4, -0.2) is 32.0 Å². The lowest BCUT2D eigenvalue weighted by Gasteiger charge is -2.14. The van der Waals surface area contributed by atoms with Gasteiger partial charge in [-0.3, -0.25) is 15.1 Å². The minimum atomic E-state index is -0.638. The fraction of sp³-hybridized carbons (Fsp3) is 0.107. The van der Waals surface area contributed by atoms with E-state index in [9.17, 15) is 13.9 Å². The predicted octanol–water partition coefficient (Wildman–Crippen LogP) is 6.99. The zero-order valence-corrected chi connectivity index (χ0v) is 22.2. The molecule has 204 valence electrons. The molecule has 0 saturated heterocycles. The smallest absolute Gasteiger partial charge is 0.194 e. The number of hydrogen-bond donors (Lipinski definition) is 3. The molecule has 40 heavy (non-hydrogen) atoms. The highest BCUT2D eigenvalue weighted by Crippen LogP contribution is 2.35. The number of nitro groups is 1. The monoisotopic (exact) mass is 562 g/mol.